The van der Waals surface area contributed by atoms with Crippen LogP contribution in [0.3, 0.4) is 0 Å². The van der Waals surface area contributed by atoms with Gasteiger partial charge in [-0.2, -0.15) is 5.26 Å². The second kappa shape index (κ2) is 6.71. The number of hydrogen-bond donors (Lipinski definition) is 2. The summed E-state index contributed by atoms with van der Waals surface area (Å²) >= 11 is 0. The molecule has 106 valence electrons. The van der Waals surface area contributed by atoms with Gasteiger partial charge in [0.25, 0.3) is 0 Å². The number of benzene rings is 1. The Hall–Kier alpha value is -2.35. The van der Waals surface area contributed by atoms with Gasteiger partial charge >= 0.3 is 0 Å². The summed E-state index contributed by atoms with van der Waals surface area (Å²) < 4.78 is 0. The van der Waals surface area contributed by atoms with Crippen molar-refractivity contribution in [3.8, 4) is 6.07 Å². The molecular weight excluding hydrogens is 254 g/mol. The van der Waals surface area contributed by atoms with Crippen LogP contribution in [0.25, 0.3) is 0 Å². The van der Waals surface area contributed by atoms with E-state index in [-0.39, 0.29) is 18.2 Å². The topological polar surface area (TPSA) is 82.0 Å². The molecule has 0 radical (unpaired) electrons. The number of amides is 2. The van der Waals surface area contributed by atoms with Gasteiger partial charge in [0.2, 0.25) is 11.8 Å². The van der Waals surface area contributed by atoms with Gasteiger partial charge in [0.15, 0.2) is 0 Å². The molecule has 0 aliphatic carbocycles. The van der Waals surface area contributed by atoms with E-state index in [4.69, 9.17) is 5.26 Å². The molecule has 0 spiro atoms. The number of anilines is 1. The zero-order chi connectivity index (χ0) is 15.2. The third-order valence-electron chi connectivity index (χ3n) is 2.58. The van der Waals surface area contributed by atoms with Gasteiger partial charge in [-0.1, -0.05) is 32.9 Å². The minimum atomic E-state index is -0.432. The van der Waals surface area contributed by atoms with E-state index in [1.807, 2.05) is 26.8 Å². The highest BCUT2D eigenvalue weighted by Gasteiger charge is 2.20. The lowest BCUT2D eigenvalue weighted by atomic mass is 9.95. The van der Waals surface area contributed by atoms with Gasteiger partial charge in [-0.3, -0.25) is 9.59 Å². The fraction of sp³-hybridized carbons (Fsp3) is 0.400. The summed E-state index contributed by atoms with van der Waals surface area (Å²) in [7, 11) is 0. The molecule has 2 N–H and O–H groups in total. The Balaban J connectivity index is 2.63. The smallest absolute Gasteiger partial charge is 0.238 e. The molecule has 0 unspecified atom stereocenters. The molecule has 0 atom stereocenters. The van der Waals surface area contributed by atoms with Crippen molar-refractivity contribution in [2.75, 3.05) is 5.32 Å². The lowest BCUT2D eigenvalue weighted by Crippen LogP contribution is -2.34. The highest BCUT2D eigenvalue weighted by molar-refractivity contribution is 5.92. The monoisotopic (exact) mass is 273 g/mol. The molecule has 0 aliphatic heterocycles. The maximum atomic E-state index is 11.8. The van der Waals surface area contributed by atoms with E-state index in [1.165, 1.54) is 0 Å². The summed E-state index contributed by atoms with van der Waals surface area (Å²) in [6.45, 7) is 5.95. The highest BCUT2D eigenvalue weighted by Crippen LogP contribution is 2.14. The van der Waals surface area contributed by atoms with E-state index in [0.717, 1.165) is 5.56 Å². The molecule has 0 aliphatic rings. The van der Waals surface area contributed by atoms with E-state index in [9.17, 15) is 9.59 Å². The second-order valence-electron chi connectivity index (χ2n) is 5.52. The van der Waals surface area contributed by atoms with Crippen LogP contribution in [0.2, 0.25) is 0 Å². The molecule has 0 bridgehead atoms. The number of nitriles is 1. The van der Waals surface area contributed by atoms with Crippen molar-refractivity contribution in [1.29, 1.82) is 5.26 Å². The number of hydrogen-bond acceptors (Lipinski definition) is 3. The second-order valence-corrected chi connectivity index (χ2v) is 5.52. The van der Waals surface area contributed by atoms with E-state index in [0.29, 0.717) is 12.2 Å². The molecule has 0 fully saturated rings. The third kappa shape index (κ3) is 5.11. The molecule has 0 saturated heterocycles. The van der Waals surface area contributed by atoms with Crippen LogP contribution < -0.4 is 10.6 Å². The predicted octanol–water partition coefficient (Wildman–Crippen LogP) is 2.20. The molecule has 0 saturated carbocycles. The van der Waals surface area contributed by atoms with E-state index < -0.39 is 5.41 Å². The van der Waals surface area contributed by atoms with Crippen LogP contribution in [-0.4, -0.2) is 11.8 Å². The number of carbonyl (C=O) groups excluding carboxylic acids is 2. The van der Waals surface area contributed by atoms with Crippen molar-refractivity contribution in [3.63, 3.8) is 0 Å². The summed E-state index contributed by atoms with van der Waals surface area (Å²) in [4.78, 5) is 23.1. The molecular formula is C15H19N3O2. The molecule has 1 aromatic carbocycles. The highest BCUT2D eigenvalue weighted by atomic mass is 16.2. The molecule has 1 rings (SSSR count). The Kier molecular flexibility index (Phi) is 5.27. The lowest BCUT2D eigenvalue weighted by Gasteiger charge is -2.17. The summed E-state index contributed by atoms with van der Waals surface area (Å²) in [6, 6.07) is 8.96. The molecule has 20 heavy (non-hydrogen) atoms. The van der Waals surface area contributed by atoms with Gasteiger partial charge in [0, 0.05) is 17.6 Å². The quantitative estimate of drug-likeness (QED) is 0.882. The van der Waals surface area contributed by atoms with Gasteiger partial charge in [0.05, 0.1) is 6.07 Å². The molecule has 0 heterocycles. The van der Waals surface area contributed by atoms with E-state index >= 15 is 0 Å². The van der Waals surface area contributed by atoms with Crippen molar-refractivity contribution in [3.05, 3.63) is 29.8 Å². The van der Waals surface area contributed by atoms with Gasteiger partial charge < -0.3 is 10.6 Å². The summed E-state index contributed by atoms with van der Waals surface area (Å²) in [5, 5.41) is 13.9. The normalized spacial score (nSPS) is 10.5. The zero-order valence-electron chi connectivity index (χ0n) is 12.0. The van der Waals surface area contributed by atoms with E-state index in [1.54, 1.807) is 24.3 Å². The Morgan fingerprint density at radius 2 is 2.00 bits per heavy atom. The summed E-state index contributed by atoms with van der Waals surface area (Å²) in [6.07, 6.45) is -0.176. The maximum Gasteiger partial charge on any atom is 0.238 e. The lowest BCUT2D eigenvalue weighted by molar-refractivity contribution is -0.128. The third-order valence-corrected chi connectivity index (χ3v) is 2.58. The van der Waals surface area contributed by atoms with Crippen molar-refractivity contribution in [2.45, 2.75) is 33.7 Å². The first-order valence-electron chi connectivity index (χ1n) is 6.37. The van der Waals surface area contributed by atoms with Crippen molar-refractivity contribution in [2.24, 2.45) is 5.41 Å². The van der Waals surface area contributed by atoms with Crippen molar-refractivity contribution < 1.29 is 9.59 Å². The number of rotatable bonds is 4. The largest absolute Gasteiger partial charge is 0.352 e. The first kappa shape index (κ1) is 15.7. The van der Waals surface area contributed by atoms with Crippen molar-refractivity contribution >= 4 is 17.5 Å². The van der Waals surface area contributed by atoms with Crippen LogP contribution in [0.1, 0.15) is 32.8 Å². The van der Waals surface area contributed by atoms with E-state index in [2.05, 4.69) is 10.6 Å². The van der Waals surface area contributed by atoms with Crippen LogP contribution >= 0.6 is 0 Å². The first-order chi connectivity index (χ1) is 9.32. The molecule has 5 nitrogen and oxygen atoms in total. The van der Waals surface area contributed by atoms with Crippen LogP contribution in [0.5, 0.6) is 0 Å². The minimum Gasteiger partial charge on any atom is -0.352 e. The standard InChI is InChI=1S/C15H19N3O2/c1-15(2,3)14(20)17-10-11-5-4-6-12(9-11)18-13(19)7-8-16/h4-6,9H,7,10H2,1-3H3,(H,17,20)(H,18,19). The average molecular weight is 273 g/mol. The average Bonchev–Trinajstić information content (AvgIpc) is 2.35. The van der Waals surface area contributed by atoms with Crippen LogP contribution in [0.15, 0.2) is 24.3 Å². The fourth-order valence-corrected chi connectivity index (χ4v) is 1.48. The summed E-state index contributed by atoms with van der Waals surface area (Å²) in [5.41, 5.74) is 1.07. The van der Waals surface area contributed by atoms with Crippen LogP contribution in [0, 0.1) is 16.7 Å². The fourth-order valence-electron chi connectivity index (χ4n) is 1.48. The number of carbonyl (C=O) groups is 2. The molecule has 0 aromatic heterocycles. The Bertz CT molecular complexity index is 539. The van der Waals surface area contributed by atoms with Gasteiger partial charge in [-0.05, 0) is 17.7 Å². The van der Waals surface area contributed by atoms with Gasteiger partial charge in [0.1, 0.15) is 6.42 Å². The maximum absolute atomic E-state index is 11.8. The summed E-state index contributed by atoms with van der Waals surface area (Å²) in [5.74, 6) is -0.375. The predicted molar refractivity (Wildman–Crippen MR) is 76.6 cm³/mol. The Morgan fingerprint density at radius 3 is 2.60 bits per heavy atom. The number of nitrogens with zero attached hydrogens (tertiary/aromatic N) is 1. The van der Waals surface area contributed by atoms with Crippen LogP contribution in [0.4, 0.5) is 5.69 Å². The van der Waals surface area contributed by atoms with Gasteiger partial charge in [-0.15, -0.1) is 0 Å². The Labute approximate surface area is 119 Å². The minimum absolute atomic E-state index is 0.0311. The zero-order valence-corrected chi connectivity index (χ0v) is 12.0. The number of nitrogens with one attached hydrogen (secondary N) is 2. The SMILES string of the molecule is CC(C)(C)C(=O)NCc1cccc(NC(=O)CC#N)c1. The molecule has 2 amide bonds. The van der Waals surface area contributed by atoms with Gasteiger partial charge in [-0.25, -0.2) is 0 Å². The van der Waals surface area contributed by atoms with Crippen LogP contribution in [-0.2, 0) is 16.1 Å². The molecule has 1 aromatic rings. The first-order valence-corrected chi connectivity index (χ1v) is 6.37. The Morgan fingerprint density at radius 1 is 1.30 bits per heavy atom. The van der Waals surface area contributed by atoms with Crippen molar-refractivity contribution in [1.82, 2.24) is 5.32 Å². The molecule has 5 heteroatoms.